The van der Waals surface area contributed by atoms with Crippen molar-refractivity contribution in [3.63, 3.8) is 0 Å². The Bertz CT molecular complexity index is 736. The maximum absolute atomic E-state index is 12.6. The second kappa shape index (κ2) is 28.7. The molecule has 0 aromatic rings. The quantitative estimate of drug-likeness (QED) is 0.0333. The zero-order valence-corrected chi connectivity index (χ0v) is 27.5. The van der Waals surface area contributed by atoms with Crippen molar-refractivity contribution >= 4 is 13.7 Å². The summed E-state index contributed by atoms with van der Waals surface area (Å²) in [7, 11) is -4.39. The Kier molecular flexibility index (Phi) is 28.0. The van der Waals surface area contributed by atoms with Crippen LogP contribution in [0.15, 0.2) is 24.3 Å². The van der Waals surface area contributed by atoms with Gasteiger partial charge in [-0.05, 0) is 32.1 Å². The molecule has 0 radical (unpaired) electrons. The van der Waals surface area contributed by atoms with Crippen molar-refractivity contribution in [2.75, 3.05) is 19.8 Å². The van der Waals surface area contributed by atoms with Gasteiger partial charge in [-0.15, -0.1) is 0 Å². The van der Waals surface area contributed by atoms with Crippen molar-refractivity contribution < 1.29 is 33.5 Å². The largest absolute Gasteiger partial charge is 0.472 e. The van der Waals surface area contributed by atoms with Gasteiger partial charge in [-0.25, -0.2) is 4.57 Å². The Morgan fingerprint density at radius 2 is 1.36 bits per heavy atom. The molecule has 0 aromatic carbocycles. The first-order valence-corrected chi connectivity index (χ1v) is 18.0. The lowest BCUT2D eigenvalue weighted by molar-refractivity contribution is -0.124. The van der Waals surface area contributed by atoms with Crippen LogP contribution in [0.1, 0.15) is 136 Å². The molecule has 0 aliphatic heterocycles. The first kappa shape index (κ1) is 40.9. The molecule has 0 spiro atoms. The lowest BCUT2D eigenvalue weighted by Crippen LogP contribution is -2.46. The number of nitrogens with two attached hydrogens (primary N) is 1. The first-order chi connectivity index (χ1) is 20.3. The van der Waals surface area contributed by atoms with E-state index in [9.17, 15) is 24.5 Å². The van der Waals surface area contributed by atoms with Gasteiger partial charge < -0.3 is 26.2 Å². The van der Waals surface area contributed by atoms with Gasteiger partial charge in [0.25, 0.3) is 0 Å². The Labute approximate surface area is 256 Å². The average Bonchev–Trinajstić information content (AvgIpc) is 2.96. The Hall–Kier alpha value is -1.06. The number of phosphoric acid groups is 1. The molecule has 0 aliphatic rings. The number of amides is 1. The van der Waals surface area contributed by atoms with Crippen LogP contribution in [0.3, 0.4) is 0 Å². The monoisotopic (exact) mass is 618 g/mol. The van der Waals surface area contributed by atoms with Crippen LogP contribution in [0.2, 0.25) is 0 Å². The van der Waals surface area contributed by atoms with Gasteiger partial charge in [0.2, 0.25) is 5.91 Å². The van der Waals surface area contributed by atoms with Crippen LogP contribution in [0.5, 0.6) is 0 Å². The third-order valence-corrected chi connectivity index (χ3v) is 8.07. The highest BCUT2D eigenvalue weighted by Gasteiger charge is 2.27. The smallest absolute Gasteiger partial charge is 0.393 e. The lowest BCUT2D eigenvalue weighted by atomic mass is 10.0. The highest BCUT2D eigenvalue weighted by molar-refractivity contribution is 7.47. The molecule has 0 bridgehead atoms. The normalized spacial score (nSPS) is 15.7. The summed E-state index contributed by atoms with van der Waals surface area (Å²) in [6, 6.07) is -0.991. The molecule has 0 fully saturated rings. The molecule has 0 rings (SSSR count). The van der Waals surface area contributed by atoms with Crippen LogP contribution >= 0.6 is 7.82 Å². The van der Waals surface area contributed by atoms with E-state index in [2.05, 4.69) is 31.3 Å². The number of hydrogen-bond acceptors (Lipinski definition) is 7. The van der Waals surface area contributed by atoms with E-state index in [0.717, 1.165) is 32.1 Å². The van der Waals surface area contributed by atoms with Crippen LogP contribution in [-0.4, -0.2) is 59.0 Å². The number of aliphatic hydroxyl groups excluding tert-OH is 2. The van der Waals surface area contributed by atoms with Crippen molar-refractivity contribution in [3.05, 3.63) is 24.3 Å². The molecule has 0 aliphatic carbocycles. The van der Waals surface area contributed by atoms with E-state index in [-0.39, 0.29) is 19.6 Å². The van der Waals surface area contributed by atoms with Crippen LogP contribution in [0, 0.1) is 0 Å². The molecule has 0 heterocycles. The number of carbonyl (C=O) groups is 1. The molecular weight excluding hydrogens is 555 g/mol. The Balaban J connectivity index is 4.61. The Morgan fingerprint density at radius 1 is 0.810 bits per heavy atom. The van der Waals surface area contributed by atoms with Crippen molar-refractivity contribution in [2.24, 2.45) is 5.73 Å². The van der Waals surface area contributed by atoms with Crippen LogP contribution in [0.25, 0.3) is 0 Å². The van der Waals surface area contributed by atoms with Gasteiger partial charge in [-0.2, -0.15) is 0 Å². The SMILES string of the molecule is CCCCCCCCC/C=C/CC/C=C/C(O)C(COP(=O)(O)OCCN)NC(=O)CC(O)CCCCCCCCC. The van der Waals surface area contributed by atoms with Gasteiger partial charge >= 0.3 is 7.82 Å². The van der Waals surface area contributed by atoms with Gasteiger partial charge in [0.1, 0.15) is 0 Å². The van der Waals surface area contributed by atoms with E-state index in [1.165, 1.54) is 70.6 Å². The summed E-state index contributed by atoms with van der Waals surface area (Å²) < 4.78 is 21.8. The number of phosphoric ester groups is 1. The zero-order chi connectivity index (χ0) is 31.3. The third-order valence-electron chi connectivity index (χ3n) is 7.08. The molecule has 0 aromatic heterocycles. The molecule has 9 nitrogen and oxygen atoms in total. The first-order valence-electron chi connectivity index (χ1n) is 16.5. The number of allylic oxidation sites excluding steroid dienone is 3. The molecule has 42 heavy (non-hydrogen) atoms. The van der Waals surface area contributed by atoms with Gasteiger partial charge in [0.15, 0.2) is 0 Å². The molecule has 10 heteroatoms. The minimum atomic E-state index is -4.39. The summed E-state index contributed by atoms with van der Waals surface area (Å²) in [6.07, 6.45) is 25.7. The number of carbonyl (C=O) groups excluding carboxylic acids is 1. The molecule has 0 saturated carbocycles. The molecule has 0 saturated heterocycles. The van der Waals surface area contributed by atoms with Crippen molar-refractivity contribution in [1.29, 1.82) is 0 Å². The fraction of sp³-hybridized carbons (Fsp3) is 0.844. The fourth-order valence-electron chi connectivity index (χ4n) is 4.54. The standard InChI is InChI=1S/C32H63N2O7P/c1-3-5-7-9-11-12-13-14-15-16-18-20-22-24-31(36)30(28-41-42(38,39)40-26-25-33)34-32(37)27-29(35)23-21-19-17-10-8-6-4-2/h15-16,22,24,29-31,35-36H,3-14,17-21,23,25-28,33H2,1-2H3,(H,34,37)(H,38,39)/b16-15+,24-22+. The molecule has 4 atom stereocenters. The van der Waals surface area contributed by atoms with Crippen LogP contribution in [0.4, 0.5) is 0 Å². The number of rotatable bonds is 30. The number of unbranched alkanes of at least 4 members (excludes halogenated alkanes) is 14. The maximum Gasteiger partial charge on any atom is 0.472 e. The average molecular weight is 619 g/mol. The molecule has 6 N–H and O–H groups in total. The van der Waals surface area contributed by atoms with Crippen molar-refractivity contribution in [1.82, 2.24) is 5.32 Å². The summed E-state index contributed by atoms with van der Waals surface area (Å²) in [5.41, 5.74) is 5.32. The fourth-order valence-corrected chi connectivity index (χ4v) is 5.30. The number of hydrogen-bond donors (Lipinski definition) is 5. The maximum atomic E-state index is 12.6. The summed E-state index contributed by atoms with van der Waals surface area (Å²) in [4.78, 5) is 22.4. The lowest BCUT2D eigenvalue weighted by Gasteiger charge is -2.24. The van der Waals surface area contributed by atoms with E-state index >= 15 is 0 Å². The van der Waals surface area contributed by atoms with Gasteiger partial charge in [-0.3, -0.25) is 13.8 Å². The zero-order valence-electron chi connectivity index (χ0n) is 26.6. The molecular formula is C32H63N2O7P. The van der Waals surface area contributed by atoms with Crippen molar-refractivity contribution in [3.8, 4) is 0 Å². The minimum absolute atomic E-state index is 0.0452. The van der Waals surface area contributed by atoms with Crippen LogP contribution in [-0.2, 0) is 18.4 Å². The topological polar surface area (TPSA) is 151 Å². The second-order valence-electron chi connectivity index (χ2n) is 11.2. The summed E-state index contributed by atoms with van der Waals surface area (Å²) in [5.74, 6) is -0.463. The van der Waals surface area contributed by atoms with Crippen molar-refractivity contribution in [2.45, 2.75) is 154 Å². The summed E-state index contributed by atoms with van der Waals surface area (Å²) in [5, 5.41) is 23.7. The predicted octanol–water partition coefficient (Wildman–Crippen LogP) is 6.85. The van der Waals surface area contributed by atoms with E-state index in [1.807, 2.05) is 6.08 Å². The Morgan fingerprint density at radius 3 is 1.98 bits per heavy atom. The van der Waals surface area contributed by atoms with E-state index in [1.54, 1.807) is 6.08 Å². The van der Waals surface area contributed by atoms with Gasteiger partial charge in [-0.1, -0.05) is 122 Å². The predicted molar refractivity (Wildman–Crippen MR) is 172 cm³/mol. The molecule has 4 unspecified atom stereocenters. The number of nitrogens with one attached hydrogen (secondary N) is 1. The van der Waals surface area contributed by atoms with Crippen LogP contribution < -0.4 is 11.1 Å². The van der Waals surface area contributed by atoms with E-state index < -0.39 is 38.6 Å². The third kappa shape index (κ3) is 26.6. The molecule has 1 amide bonds. The highest BCUT2D eigenvalue weighted by atomic mass is 31.2. The second-order valence-corrected chi connectivity index (χ2v) is 12.7. The summed E-state index contributed by atoms with van der Waals surface area (Å²) >= 11 is 0. The number of aliphatic hydroxyl groups is 2. The van der Waals surface area contributed by atoms with E-state index in [0.29, 0.717) is 12.8 Å². The van der Waals surface area contributed by atoms with E-state index in [4.69, 9.17) is 14.8 Å². The minimum Gasteiger partial charge on any atom is -0.393 e. The molecule has 248 valence electrons. The summed E-state index contributed by atoms with van der Waals surface area (Å²) in [6.45, 7) is 3.85. The van der Waals surface area contributed by atoms with Gasteiger partial charge in [0, 0.05) is 6.54 Å². The highest BCUT2D eigenvalue weighted by Crippen LogP contribution is 2.43. The van der Waals surface area contributed by atoms with Gasteiger partial charge in [0.05, 0.1) is 37.9 Å².